The van der Waals surface area contributed by atoms with Crippen LogP contribution in [-0.4, -0.2) is 26.9 Å². The van der Waals surface area contributed by atoms with Crippen LogP contribution in [0.25, 0.3) is 11.5 Å². The van der Waals surface area contributed by atoms with Crippen molar-refractivity contribution >= 4 is 28.3 Å². The van der Waals surface area contributed by atoms with E-state index in [1.807, 2.05) is 12.1 Å². The molecular formula is C21H27ClN2O3S. The second kappa shape index (κ2) is 9.23. The van der Waals surface area contributed by atoms with Gasteiger partial charge in [-0.2, -0.15) is 0 Å². The average Bonchev–Trinajstić information content (AvgIpc) is 3.00. The molecule has 1 aliphatic rings. The van der Waals surface area contributed by atoms with E-state index in [0.29, 0.717) is 34.2 Å². The Morgan fingerprint density at radius 1 is 1.29 bits per heavy atom. The first-order chi connectivity index (χ1) is 13.3. The summed E-state index contributed by atoms with van der Waals surface area (Å²) in [5.41, 5.74) is 1.43. The van der Waals surface area contributed by atoms with Gasteiger partial charge in [-0.1, -0.05) is 38.3 Å². The van der Waals surface area contributed by atoms with E-state index in [1.165, 1.54) is 6.42 Å². The third-order valence-corrected chi connectivity index (χ3v) is 7.06. The van der Waals surface area contributed by atoms with Gasteiger partial charge in [0.1, 0.15) is 11.5 Å². The van der Waals surface area contributed by atoms with Crippen LogP contribution in [-0.2, 0) is 21.3 Å². The van der Waals surface area contributed by atoms with E-state index in [1.54, 1.807) is 19.1 Å². The molecule has 2 aromatic rings. The lowest BCUT2D eigenvalue weighted by atomic mass is 9.78. The topological polar surface area (TPSA) is 72.2 Å². The van der Waals surface area contributed by atoms with Crippen LogP contribution in [0.15, 0.2) is 28.7 Å². The van der Waals surface area contributed by atoms with Gasteiger partial charge < -0.3 is 9.73 Å². The van der Waals surface area contributed by atoms with Crippen LogP contribution in [0, 0.1) is 18.8 Å². The van der Waals surface area contributed by atoms with Gasteiger partial charge >= 0.3 is 0 Å². The van der Waals surface area contributed by atoms with Crippen molar-refractivity contribution in [3.05, 3.63) is 40.7 Å². The zero-order valence-electron chi connectivity index (χ0n) is 16.5. The van der Waals surface area contributed by atoms with Crippen molar-refractivity contribution in [2.45, 2.75) is 51.8 Å². The van der Waals surface area contributed by atoms with Crippen LogP contribution in [0.1, 0.15) is 44.6 Å². The van der Waals surface area contributed by atoms with Crippen molar-refractivity contribution in [3.8, 4) is 11.5 Å². The number of nitrogens with zero attached hydrogens (tertiary/aromatic N) is 1. The summed E-state index contributed by atoms with van der Waals surface area (Å²) >= 11 is 5.91. The van der Waals surface area contributed by atoms with Gasteiger partial charge in [0.2, 0.25) is 11.8 Å². The molecule has 4 unspecified atom stereocenters. The summed E-state index contributed by atoms with van der Waals surface area (Å²) in [7, 11) is -1.34. The summed E-state index contributed by atoms with van der Waals surface area (Å²) in [5.74, 6) is 2.18. The van der Waals surface area contributed by atoms with E-state index in [0.717, 1.165) is 18.4 Å². The highest BCUT2D eigenvalue weighted by Crippen LogP contribution is 2.29. The number of benzene rings is 1. The Morgan fingerprint density at radius 2 is 2.00 bits per heavy atom. The van der Waals surface area contributed by atoms with Crippen LogP contribution >= 0.6 is 11.6 Å². The molecule has 3 rings (SSSR count). The van der Waals surface area contributed by atoms with E-state index in [9.17, 15) is 9.00 Å². The molecule has 0 radical (unpaired) electrons. The highest BCUT2D eigenvalue weighted by atomic mass is 35.5. The first-order valence-electron chi connectivity index (χ1n) is 9.70. The highest BCUT2D eigenvalue weighted by molar-refractivity contribution is 7.84. The molecule has 4 atom stereocenters. The number of amides is 1. The van der Waals surface area contributed by atoms with Crippen LogP contribution in [0.4, 0.5) is 0 Å². The van der Waals surface area contributed by atoms with Crippen molar-refractivity contribution in [2.24, 2.45) is 11.8 Å². The summed E-state index contributed by atoms with van der Waals surface area (Å²) in [5, 5.41) is 3.72. The summed E-state index contributed by atoms with van der Waals surface area (Å²) in [4.78, 5) is 16.8. The molecule has 1 aromatic heterocycles. The predicted molar refractivity (Wildman–Crippen MR) is 113 cm³/mol. The molecule has 1 saturated carbocycles. The molecule has 28 heavy (non-hydrogen) atoms. The van der Waals surface area contributed by atoms with Crippen LogP contribution < -0.4 is 5.32 Å². The maximum Gasteiger partial charge on any atom is 0.232 e. The molecule has 1 aromatic carbocycles. The van der Waals surface area contributed by atoms with E-state index in [2.05, 4.69) is 24.1 Å². The van der Waals surface area contributed by atoms with Gasteiger partial charge in [-0.3, -0.25) is 9.00 Å². The number of carbonyl (C=O) groups is 1. The number of hydrogen-bond acceptors (Lipinski definition) is 4. The molecule has 0 saturated heterocycles. The van der Waals surface area contributed by atoms with E-state index >= 15 is 0 Å². The van der Waals surface area contributed by atoms with Crippen molar-refractivity contribution in [3.63, 3.8) is 0 Å². The number of nitrogens with one attached hydrogen (secondary N) is 1. The Hall–Kier alpha value is -1.66. The second-order valence-corrected chi connectivity index (χ2v) is 9.59. The van der Waals surface area contributed by atoms with Crippen LogP contribution in [0.3, 0.4) is 0 Å². The summed E-state index contributed by atoms with van der Waals surface area (Å²) in [6.07, 6.45) is 3.34. The van der Waals surface area contributed by atoms with Crippen molar-refractivity contribution in [1.82, 2.24) is 10.3 Å². The van der Waals surface area contributed by atoms with Crippen molar-refractivity contribution in [2.75, 3.05) is 5.75 Å². The molecule has 7 heteroatoms. The van der Waals surface area contributed by atoms with E-state index in [4.69, 9.17) is 16.0 Å². The number of carbonyl (C=O) groups excluding carboxylic acids is 1. The average molecular weight is 423 g/mol. The molecule has 1 heterocycles. The normalized spacial score (nSPS) is 23.4. The third kappa shape index (κ3) is 5.23. The fourth-order valence-electron chi connectivity index (χ4n) is 3.66. The Balaban J connectivity index is 1.57. The lowest BCUT2D eigenvalue weighted by Gasteiger charge is -2.34. The number of oxazole rings is 1. The van der Waals surface area contributed by atoms with Gasteiger partial charge in [-0.05, 0) is 49.4 Å². The molecule has 1 fully saturated rings. The molecule has 1 N–H and O–H groups in total. The van der Waals surface area contributed by atoms with Crippen LogP contribution in [0.5, 0.6) is 0 Å². The predicted octanol–water partition coefficient (Wildman–Crippen LogP) is 4.49. The number of aryl methyl sites for hydroxylation is 1. The molecule has 152 valence electrons. The fraction of sp³-hybridized carbons (Fsp3) is 0.524. The molecule has 0 aliphatic heterocycles. The lowest BCUT2D eigenvalue weighted by Crippen LogP contribution is -2.45. The van der Waals surface area contributed by atoms with Gasteiger partial charge in [-0.25, -0.2) is 4.98 Å². The lowest BCUT2D eigenvalue weighted by molar-refractivity contribution is -0.120. The third-order valence-electron chi connectivity index (χ3n) is 5.63. The molecule has 0 spiro atoms. The minimum absolute atomic E-state index is 0.0137. The zero-order chi connectivity index (χ0) is 20.3. The summed E-state index contributed by atoms with van der Waals surface area (Å²) < 4.78 is 18.2. The summed E-state index contributed by atoms with van der Waals surface area (Å²) in [6.45, 7) is 6.21. The van der Waals surface area contributed by atoms with Gasteiger partial charge in [-0.15, -0.1) is 0 Å². The van der Waals surface area contributed by atoms with Gasteiger partial charge in [0.15, 0.2) is 0 Å². The molecule has 5 nitrogen and oxygen atoms in total. The maximum atomic E-state index is 12.5. The minimum atomic E-state index is -1.34. The molecule has 0 bridgehead atoms. The zero-order valence-corrected chi connectivity index (χ0v) is 18.1. The number of hydrogen-bond donors (Lipinski definition) is 1. The van der Waals surface area contributed by atoms with Crippen molar-refractivity contribution < 1.29 is 13.4 Å². The van der Waals surface area contributed by atoms with Gasteiger partial charge in [0.25, 0.3) is 0 Å². The largest absolute Gasteiger partial charge is 0.441 e. The molecule has 1 amide bonds. The minimum Gasteiger partial charge on any atom is -0.441 e. The maximum absolute atomic E-state index is 12.5. The monoisotopic (exact) mass is 422 g/mol. The molecule has 1 aliphatic carbocycles. The van der Waals surface area contributed by atoms with Gasteiger partial charge in [0.05, 0.1) is 11.4 Å². The standard InChI is InChI=1S/C21H27ClN2O3S/c1-13-5-4-6-18(14(13)2)23-20(25)12-28(26)11-19-15(3)27-21(24-19)16-7-9-17(22)10-8-16/h7-10,13-14,18H,4-6,11-12H2,1-3H3,(H,23,25). The quantitative estimate of drug-likeness (QED) is 0.744. The van der Waals surface area contributed by atoms with Crippen molar-refractivity contribution in [1.29, 1.82) is 0 Å². The first-order valence-corrected chi connectivity index (χ1v) is 11.6. The van der Waals surface area contributed by atoms with E-state index in [-0.39, 0.29) is 23.5 Å². The molecular weight excluding hydrogens is 396 g/mol. The Kier molecular flexibility index (Phi) is 6.94. The number of halogens is 1. The Labute approximate surface area is 173 Å². The number of aromatic nitrogens is 1. The van der Waals surface area contributed by atoms with E-state index < -0.39 is 10.8 Å². The number of rotatable bonds is 6. The first kappa shape index (κ1) is 21.1. The summed E-state index contributed by atoms with van der Waals surface area (Å²) in [6, 6.07) is 7.37. The van der Waals surface area contributed by atoms with Crippen LogP contribution in [0.2, 0.25) is 5.02 Å². The highest BCUT2D eigenvalue weighted by Gasteiger charge is 2.28. The fourth-order valence-corrected chi connectivity index (χ4v) is 4.84. The Morgan fingerprint density at radius 3 is 2.71 bits per heavy atom. The van der Waals surface area contributed by atoms with Gasteiger partial charge in [0, 0.05) is 27.4 Å². The smallest absolute Gasteiger partial charge is 0.232 e. The SMILES string of the molecule is Cc1oc(-c2ccc(Cl)cc2)nc1CS(=O)CC(=O)NC1CCCC(C)C1C. The Bertz CT molecular complexity index is 850. The second-order valence-electron chi connectivity index (χ2n) is 7.70.